The van der Waals surface area contributed by atoms with E-state index in [-0.39, 0.29) is 0 Å². The number of hydrogen-bond donors (Lipinski definition) is 1. The largest absolute Gasteiger partial charge is 0.313 e. The maximum atomic E-state index is 3.58. The molecule has 0 aromatic carbocycles. The first-order valence-electron chi connectivity index (χ1n) is 7.15. The zero-order valence-electron chi connectivity index (χ0n) is 13.3. The summed E-state index contributed by atoms with van der Waals surface area (Å²) >= 11 is 0. The molecule has 0 rings (SSSR count). The van der Waals surface area contributed by atoms with Crippen LogP contribution in [-0.4, -0.2) is 36.6 Å². The molecule has 0 saturated heterocycles. The number of rotatable bonds is 7. The van der Waals surface area contributed by atoms with E-state index in [2.05, 4.69) is 65.7 Å². The van der Waals surface area contributed by atoms with Crippen LogP contribution in [-0.2, 0) is 0 Å². The number of nitrogens with zero attached hydrogens (tertiary/aromatic N) is 1. The monoisotopic (exact) mass is 242 g/mol. The van der Waals surface area contributed by atoms with Gasteiger partial charge in [-0.25, -0.2) is 0 Å². The minimum absolute atomic E-state index is 0.346. The molecule has 0 heterocycles. The van der Waals surface area contributed by atoms with Crippen LogP contribution in [0.4, 0.5) is 0 Å². The van der Waals surface area contributed by atoms with Gasteiger partial charge in [-0.05, 0) is 25.8 Å². The highest BCUT2D eigenvalue weighted by Crippen LogP contribution is 2.25. The second-order valence-electron chi connectivity index (χ2n) is 6.71. The Morgan fingerprint density at radius 2 is 1.65 bits per heavy atom. The molecular weight excluding hydrogens is 208 g/mol. The Morgan fingerprint density at radius 1 is 1.12 bits per heavy atom. The van der Waals surface area contributed by atoms with Crippen molar-refractivity contribution < 1.29 is 0 Å². The molecule has 0 fully saturated rings. The molecule has 0 aromatic rings. The summed E-state index contributed by atoms with van der Waals surface area (Å²) in [5.74, 6) is 0. The highest BCUT2D eigenvalue weighted by atomic mass is 15.2. The van der Waals surface area contributed by atoms with Crippen LogP contribution in [0.25, 0.3) is 0 Å². The van der Waals surface area contributed by atoms with Crippen molar-refractivity contribution in [3.8, 4) is 0 Å². The van der Waals surface area contributed by atoms with Gasteiger partial charge in [0.1, 0.15) is 0 Å². The van der Waals surface area contributed by atoms with Gasteiger partial charge in [-0.15, -0.1) is 0 Å². The van der Waals surface area contributed by atoms with E-state index < -0.39 is 0 Å². The van der Waals surface area contributed by atoms with Gasteiger partial charge < -0.3 is 5.32 Å². The average molecular weight is 242 g/mol. The van der Waals surface area contributed by atoms with Crippen molar-refractivity contribution in [3.05, 3.63) is 0 Å². The van der Waals surface area contributed by atoms with Gasteiger partial charge in [0, 0.05) is 24.7 Å². The maximum Gasteiger partial charge on any atom is 0.0220 e. The fraction of sp³-hybridized carbons (Fsp3) is 1.00. The summed E-state index contributed by atoms with van der Waals surface area (Å²) in [5, 5.41) is 3.58. The second-order valence-corrected chi connectivity index (χ2v) is 6.71. The van der Waals surface area contributed by atoms with Crippen molar-refractivity contribution in [3.63, 3.8) is 0 Å². The van der Waals surface area contributed by atoms with Crippen molar-refractivity contribution in [1.29, 1.82) is 0 Å². The number of nitrogens with one attached hydrogen (secondary N) is 1. The van der Waals surface area contributed by atoms with E-state index >= 15 is 0 Å². The lowest BCUT2D eigenvalue weighted by Gasteiger charge is -2.40. The number of hydrogen-bond acceptors (Lipinski definition) is 2. The average Bonchev–Trinajstić information content (AvgIpc) is 2.20. The van der Waals surface area contributed by atoms with Crippen molar-refractivity contribution in [2.24, 2.45) is 5.41 Å². The number of likely N-dealkylation sites (N-methyl/N-ethyl adjacent to an activating group) is 1. The summed E-state index contributed by atoms with van der Waals surface area (Å²) in [7, 11) is 2.28. The van der Waals surface area contributed by atoms with Crippen molar-refractivity contribution in [2.45, 2.75) is 79.4 Å². The van der Waals surface area contributed by atoms with Gasteiger partial charge in [-0.2, -0.15) is 0 Å². The summed E-state index contributed by atoms with van der Waals surface area (Å²) in [6.45, 7) is 17.1. The lowest BCUT2D eigenvalue weighted by molar-refractivity contribution is 0.0905. The molecule has 2 nitrogen and oxygen atoms in total. The first kappa shape index (κ1) is 16.9. The Hall–Kier alpha value is -0.0800. The van der Waals surface area contributed by atoms with E-state index in [0.29, 0.717) is 23.5 Å². The molecule has 17 heavy (non-hydrogen) atoms. The lowest BCUT2D eigenvalue weighted by Crippen LogP contribution is -2.49. The van der Waals surface area contributed by atoms with Gasteiger partial charge >= 0.3 is 0 Å². The lowest BCUT2D eigenvalue weighted by atomic mass is 9.86. The quantitative estimate of drug-likeness (QED) is 0.735. The molecule has 1 N–H and O–H groups in total. The molecule has 0 radical (unpaired) electrons. The van der Waals surface area contributed by atoms with Crippen LogP contribution in [0.3, 0.4) is 0 Å². The smallest absolute Gasteiger partial charge is 0.0220 e. The summed E-state index contributed by atoms with van der Waals surface area (Å²) < 4.78 is 0. The Balaban J connectivity index is 4.47. The molecule has 2 atom stereocenters. The highest BCUT2D eigenvalue weighted by molar-refractivity contribution is 4.83. The fourth-order valence-electron chi connectivity index (χ4n) is 2.08. The Morgan fingerprint density at radius 3 is 2.00 bits per heavy atom. The standard InChI is InChI=1S/C15H34N2/c1-9-10-14(11-16-12(2)3)17(8)13(4)15(5,6)7/h12-14,16H,9-11H2,1-8H3. The van der Waals surface area contributed by atoms with E-state index in [4.69, 9.17) is 0 Å². The van der Waals surface area contributed by atoms with E-state index in [1.165, 1.54) is 12.8 Å². The van der Waals surface area contributed by atoms with Gasteiger partial charge in [0.05, 0.1) is 0 Å². The van der Waals surface area contributed by atoms with E-state index in [0.717, 1.165) is 6.54 Å². The first-order chi connectivity index (χ1) is 7.70. The maximum absolute atomic E-state index is 3.58. The third-order valence-electron chi connectivity index (χ3n) is 3.82. The van der Waals surface area contributed by atoms with Gasteiger partial charge in [0.2, 0.25) is 0 Å². The zero-order chi connectivity index (χ0) is 13.6. The van der Waals surface area contributed by atoms with Crippen LogP contribution in [0.2, 0.25) is 0 Å². The minimum Gasteiger partial charge on any atom is -0.313 e. The topological polar surface area (TPSA) is 15.3 Å². The highest BCUT2D eigenvalue weighted by Gasteiger charge is 2.27. The van der Waals surface area contributed by atoms with E-state index in [1.54, 1.807) is 0 Å². The molecular formula is C15H34N2. The summed E-state index contributed by atoms with van der Waals surface area (Å²) in [6.07, 6.45) is 2.53. The minimum atomic E-state index is 0.346. The third kappa shape index (κ3) is 6.42. The van der Waals surface area contributed by atoms with E-state index in [9.17, 15) is 0 Å². The van der Waals surface area contributed by atoms with Crippen LogP contribution in [0, 0.1) is 5.41 Å². The molecule has 2 heteroatoms. The normalized spacial score (nSPS) is 16.6. The summed E-state index contributed by atoms with van der Waals surface area (Å²) in [6, 6.07) is 1.83. The molecule has 0 saturated carbocycles. The fourth-order valence-corrected chi connectivity index (χ4v) is 2.08. The molecule has 2 unspecified atom stereocenters. The Kier molecular flexibility index (Phi) is 7.34. The molecule has 0 aliphatic carbocycles. The Labute approximate surface area is 109 Å². The third-order valence-corrected chi connectivity index (χ3v) is 3.82. The summed E-state index contributed by atoms with van der Waals surface area (Å²) in [4.78, 5) is 2.55. The molecule has 104 valence electrons. The van der Waals surface area contributed by atoms with Gasteiger partial charge in [0.15, 0.2) is 0 Å². The van der Waals surface area contributed by atoms with Gasteiger partial charge in [-0.1, -0.05) is 48.0 Å². The van der Waals surface area contributed by atoms with Crippen LogP contribution < -0.4 is 5.32 Å². The molecule has 0 bridgehead atoms. The second kappa shape index (κ2) is 7.38. The van der Waals surface area contributed by atoms with E-state index in [1.807, 2.05) is 0 Å². The van der Waals surface area contributed by atoms with Crippen LogP contribution in [0.15, 0.2) is 0 Å². The van der Waals surface area contributed by atoms with Crippen molar-refractivity contribution in [2.75, 3.05) is 13.6 Å². The van der Waals surface area contributed by atoms with Crippen LogP contribution in [0.5, 0.6) is 0 Å². The summed E-state index contributed by atoms with van der Waals surface area (Å²) in [5.41, 5.74) is 0.346. The SMILES string of the molecule is CCCC(CNC(C)C)N(C)C(C)C(C)(C)C. The van der Waals surface area contributed by atoms with Crippen LogP contribution >= 0.6 is 0 Å². The predicted molar refractivity (Wildman–Crippen MR) is 78.5 cm³/mol. The van der Waals surface area contributed by atoms with Crippen molar-refractivity contribution >= 4 is 0 Å². The Bertz CT molecular complexity index is 194. The molecule has 0 spiro atoms. The zero-order valence-corrected chi connectivity index (χ0v) is 13.3. The van der Waals surface area contributed by atoms with Crippen LogP contribution in [0.1, 0.15) is 61.3 Å². The molecule has 0 amide bonds. The molecule has 0 aromatic heterocycles. The van der Waals surface area contributed by atoms with Crippen molar-refractivity contribution in [1.82, 2.24) is 10.2 Å². The first-order valence-corrected chi connectivity index (χ1v) is 7.15. The molecule has 0 aliphatic rings. The van der Waals surface area contributed by atoms with Gasteiger partial charge in [0.25, 0.3) is 0 Å². The van der Waals surface area contributed by atoms with Gasteiger partial charge in [-0.3, -0.25) is 4.90 Å². The predicted octanol–water partition coefficient (Wildman–Crippen LogP) is 3.52. The molecule has 0 aliphatic heterocycles.